The zero-order valence-electron chi connectivity index (χ0n) is 13.0. The summed E-state index contributed by atoms with van der Waals surface area (Å²) >= 11 is 6.14. The minimum absolute atomic E-state index is 0.103. The predicted molar refractivity (Wildman–Crippen MR) is 90.3 cm³/mol. The molecule has 2 amide bonds. The Morgan fingerprint density at radius 1 is 1.22 bits per heavy atom. The average Bonchev–Trinajstić information content (AvgIpc) is 2.53. The summed E-state index contributed by atoms with van der Waals surface area (Å²) in [6.07, 6.45) is 1.67. The molecule has 1 heterocycles. The van der Waals surface area contributed by atoms with E-state index in [9.17, 15) is 9.59 Å². The summed E-state index contributed by atoms with van der Waals surface area (Å²) in [5, 5.41) is 5.78. The molecule has 0 fully saturated rings. The largest absolute Gasteiger partial charge is 0.346 e. The van der Waals surface area contributed by atoms with Crippen LogP contribution in [0.4, 0.5) is 5.69 Å². The summed E-state index contributed by atoms with van der Waals surface area (Å²) in [6.45, 7) is 3.93. The quantitative estimate of drug-likeness (QED) is 0.883. The van der Waals surface area contributed by atoms with E-state index in [2.05, 4.69) is 15.6 Å². The van der Waals surface area contributed by atoms with Gasteiger partial charge in [-0.15, -0.1) is 0 Å². The molecule has 6 heteroatoms. The van der Waals surface area contributed by atoms with Crippen LogP contribution in [0.2, 0.25) is 5.02 Å². The molecule has 120 valence electrons. The third-order valence-electron chi connectivity index (χ3n) is 3.16. The molecule has 0 radical (unpaired) electrons. The zero-order valence-corrected chi connectivity index (χ0v) is 13.7. The van der Waals surface area contributed by atoms with Crippen LogP contribution in [0.15, 0.2) is 42.6 Å². The molecular formula is C17H18ClN3O2. The summed E-state index contributed by atoms with van der Waals surface area (Å²) in [5.41, 5.74) is 1.68. The van der Waals surface area contributed by atoms with Gasteiger partial charge in [0.2, 0.25) is 5.91 Å². The van der Waals surface area contributed by atoms with E-state index >= 15 is 0 Å². The second-order valence-electron chi connectivity index (χ2n) is 5.34. The van der Waals surface area contributed by atoms with Crippen molar-refractivity contribution in [1.82, 2.24) is 10.3 Å². The molecule has 0 atom stereocenters. The topological polar surface area (TPSA) is 71.1 Å². The van der Waals surface area contributed by atoms with Gasteiger partial charge >= 0.3 is 0 Å². The third-order valence-corrected chi connectivity index (χ3v) is 3.47. The number of hydrogen-bond donors (Lipinski definition) is 2. The molecule has 0 bridgehead atoms. The molecule has 2 rings (SSSR count). The molecule has 0 spiro atoms. The van der Waals surface area contributed by atoms with Crippen molar-refractivity contribution in [1.29, 1.82) is 0 Å². The molecular weight excluding hydrogens is 314 g/mol. The second kappa shape index (κ2) is 7.74. The first-order chi connectivity index (χ1) is 11.0. The van der Waals surface area contributed by atoms with Gasteiger partial charge in [0.05, 0.1) is 22.8 Å². The number of nitrogens with zero attached hydrogens (tertiary/aromatic N) is 1. The summed E-state index contributed by atoms with van der Waals surface area (Å²) in [4.78, 5) is 28.0. The van der Waals surface area contributed by atoms with E-state index in [0.29, 0.717) is 17.8 Å². The first-order valence-corrected chi connectivity index (χ1v) is 7.63. The molecule has 23 heavy (non-hydrogen) atoms. The van der Waals surface area contributed by atoms with Crippen molar-refractivity contribution < 1.29 is 9.59 Å². The Morgan fingerprint density at radius 3 is 2.61 bits per heavy atom. The number of pyridine rings is 1. The van der Waals surface area contributed by atoms with Crippen LogP contribution in [0.25, 0.3) is 0 Å². The van der Waals surface area contributed by atoms with Gasteiger partial charge in [0, 0.05) is 17.8 Å². The molecule has 0 saturated carbocycles. The molecule has 1 aromatic carbocycles. The van der Waals surface area contributed by atoms with E-state index in [0.717, 1.165) is 5.69 Å². The van der Waals surface area contributed by atoms with Crippen molar-refractivity contribution in [3.63, 3.8) is 0 Å². The molecule has 0 unspecified atom stereocenters. The minimum Gasteiger partial charge on any atom is -0.346 e. The van der Waals surface area contributed by atoms with Crippen molar-refractivity contribution in [3.8, 4) is 0 Å². The highest BCUT2D eigenvalue weighted by Gasteiger charge is 2.13. The molecule has 0 aliphatic heterocycles. The van der Waals surface area contributed by atoms with Gasteiger partial charge in [0.25, 0.3) is 5.91 Å². The fraction of sp³-hybridized carbons (Fsp3) is 0.235. The highest BCUT2D eigenvalue weighted by molar-refractivity contribution is 6.34. The first-order valence-electron chi connectivity index (χ1n) is 7.26. The number of amides is 2. The fourth-order valence-corrected chi connectivity index (χ4v) is 2.10. The summed E-state index contributed by atoms with van der Waals surface area (Å²) < 4.78 is 0. The Kier molecular flexibility index (Phi) is 5.71. The molecule has 0 saturated heterocycles. The normalized spacial score (nSPS) is 10.4. The maximum atomic E-state index is 12.2. The van der Waals surface area contributed by atoms with Gasteiger partial charge in [0.1, 0.15) is 0 Å². The molecule has 5 nitrogen and oxygen atoms in total. The maximum Gasteiger partial charge on any atom is 0.253 e. The first kappa shape index (κ1) is 17.0. The highest BCUT2D eigenvalue weighted by atomic mass is 35.5. The SMILES string of the molecule is CC(C)C(=O)Nc1ccc(C(=O)NCc2ccccn2)c(Cl)c1. The van der Waals surface area contributed by atoms with Gasteiger partial charge in [-0.1, -0.05) is 31.5 Å². The number of carbonyl (C=O) groups is 2. The number of anilines is 1. The number of carbonyl (C=O) groups excluding carboxylic acids is 2. The van der Waals surface area contributed by atoms with Crippen LogP contribution in [-0.4, -0.2) is 16.8 Å². The Labute approximate surface area is 140 Å². The molecule has 0 aliphatic rings. The lowest BCUT2D eigenvalue weighted by Crippen LogP contribution is -2.23. The number of aromatic nitrogens is 1. The van der Waals surface area contributed by atoms with Gasteiger partial charge in [-0.3, -0.25) is 14.6 Å². The number of nitrogens with one attached hydrogen (secondary N) is 2. The van der Waals surface area contributed by atoms with E-state index in [1.165, 1.54) is 0 Å². The Bertz CT molecular complexity index is 702. The predicted octanol–water partition coefficient (Wildman–Crippen LogP) is 3.26. The molecule has 0 aliphatic carbocycles. The van der Waals surface area contributed by atoms with Gasteiger partial charge in [-0.2, -0.15) is 0 Å². The van der Waals surface area contributed by atoms with Gasteiger partial charge in [0.15, 0.2) is 0 Å². The summed E-state index contributed by atoms with van der Waals surface area (Å²) in [6, 6.07) is 10.3. The summed E-state index contributed by atoms with van der Waals surface area (Å²) in [5.74, 6) is -0.522. The number of rotatable bonds is 5. The minimum atomic E-state index is -0.289. The second-order valence-corrected chi connectivity index (χ2v) is 5.75. The van der Waals surface area contributed by atoms with E-state index in [4.69, 9.17) is 11.6 Å². The van der Waals surface area contributed by atoms with Crippen LogP contribution in [-0.2, 0) is 11.3 Å². The van der Waals surface area contributed by atoms with Crippen LogP contribution in [0.3, 0.4) is 0 Å². The highest BCUT2D eigenvalue weighted by Crippen LogP contribution is 2.21. The fourth-order valence-electron chi connectivity index (χ4n) is 1.83. The van der Waals surface area contributed by atoms with Crippen LogP contribution in [0.1, 0.15) is 29.9 Å². The number of benzene rings is 1. The van der Waals surface area contributed by atoms with E-state index in [-0.39, 0.29) is 22.8 Å². The number of halogens is 1. The van der Waals surface area contributed by atoms with Gasteiger partial charge < -0.3 is 10.6 Å². The Hall–Kier alpha value is -2.40. The van der Waals surface area contributed by atoms with Crippen molar-refractivity contribution in [2.45, 2.75) is 20.4 Å². The molecule has 1 aromatic heterocycles. The lowest BCUT2D eigenvalue weighted by Gasteiger charge is -2.10. The number of hydrogen-bond acceptors (Lipinski definition) is 3. The van der Waals surface area contributed by atoms with E-state index in [1.807, 2.05) is 18.2 Å². The average molecular weight is 332 g/mol. The standard InChI is InChI=1S/C17H18ClN3O2/c1-11(2)16(22)21-12-6-7-14(15(18)9-12)17(23)20-10-13-5-3-4-8-19-13/h3-9,11H,10H2,1-2H3,(H,20,23)(H,21,22). The summed E-state index contributed by atoms with van der Waals surface area (Å²) in [7, 11) is 0. The molecule has 2 N–H and O–H groups in total. The van der Waals surface area contributed by atoms with Crippen molar-refractivity contribution >= 4 is 29.1 Å². The van der Waals surface area contributed by atoms with Crippen LogP contribution in [0.5, 0.6) is 0 Å². The zero-order chi connectivity index (χ0) is 16.8. The Balaban J connectivity index is 2.02. The van der Waals surface area contributed by atoms with E-state index in [1.54, 1.807) is 38.2 Å². The molecule has 2 aromatic rings. The monoisotopic (exact) mass is 331 g/mol. The smallest absolute Gasteiger partial charge is 0.253 e. The lowest BCUT2D eigenvalue weighted by atomic mass is 10.1. The third kappa shape index (κ3) is 4.79. The Morgan fingerprint density at radius 2 is 2.00 bits per heavy atom. The van der Waals surface area contributed by atoms with E-state index < -0.39 is 0 Å². The van der Waals surface area contributed by atoms with Gasteiger partial charge in [-0.05, 0) is 30.3 Å². The van der Waals surface area contributed by atoms with Crippen molar-refractivity contribution in [2.24, 2.45) is 5.92 Å². The van der Waals surface area contributed by atoms with Crippen LogP contribution < -0.4 is 10.6 Å². The lowest BCUT2D eigenvalue weighted by molar-refractivity contribution is -0.118. The maximum absolute atomic E-state index is 12.2. The van der Waals surface area contributed by atoms with Crippen LogP contribution >= 0.6 is 11.6 Å². The van der Waals surface area contributed by atoms with Crippen molar-refractivity contribution in [3.05, 3.63) is 58.9 Å². The van der Waals surface area contributed by atoms with Gasteiger partial charge in [-0.25, -0.2) is 0 Å². The van der Waals surface area contributed by atoms with Crippen LogP contribution in [0, 0.1) is 5.92 Å². The van der Waals surface area contributed by atoms with Crippen molar-refractivity contribution in [2.75, 3.05) is 5.32 Å².